The summed E-state index contributed by atoms with van der Waals surface area (Å²) in [5, 5.41) is 8.68. The van der Waals surface area contributed by atoms with E-state index in [4.69, 9.17) is 14.6 Å². The summed E-state index contributed by atoms with van der Waals surface area (Å²) < 4.78 is 11.3. The first-order valence-electron chi connectivity index (χ1n) is 6.82. The molecule has 2 rings (SSSR count). The van der Waals surface area contributed by atoms with E-state index in [0.29, 0.717) is 19.1 Å². The van der Waals surface area contributed by atoms with E-state index < -0.39 is 0 Å². The maximum Gasteiger partial charge on any atom is 0.120 e. The van der Waals surface area contributed by atoms with E-state index in [0.717, 1.165) is 30.8 Å². The van der Waals surface area contributed by atoms with Gasteiger partial charge in [-0.3, -0.25) is 0 Å². The summed E-state index contributed by atoms with van der Waals surface area (Å²) >= 11 is 0. The van der Waals surface area contributed by atoms with Crippen molar-refractivity contribution < 1.29 is 14.6 Å². The summed E-state index contributed by atoms with van der Waals surface area (Å²) in [6.45, 7) is 1.67. The molecule has 0 saturated carbocycles. The second-order valence-electron chi connectivity index (χ2n) is 4.58. The molecule has 3 nitrogen and oxygen atoms in total. The van der Waals surface area contributed by atoms with E-state index in [-0.39, 0.29) is 6.61 Å². The second-order valence-corrected chi connectivity index (χ2v) is 4.58. The van der Waals surface area contributed by atoms with Crippen LogP contribution in [-0.4, -0.2) is 31.0 Å². The Kier molecular flexibility index (Phi) is 5.74. The molecule has 0 amide bonds. The van der Waals surface area contributed by atoms with Crippen LogP contribution in [0.2, 0.25) is 0 Å². The first kappa shape index (κ1) is 13.9. The van der Waals surface area contributed by atoms with E-state index in [2.05, 4.69) is 11.8 Å². The number of rotatable bonds is 5. The van der Waals surface area contributed by atoms with Crippen molar-refractivity contribution in [1.29, 1.82) is 0 Å². The lowest BCUT2D eigenvalue weighted by Gasteiger charge is -2.10. The lowest BCUT2D eigenvalue weighted by atomic mass is 10.2. The molecule has 1 aromatic rings. The van der Waals surface area contributed by atoms with Gasteiger partial charge in [0, 0.05) is 25.0 Å². The van der Waals surface area contributed by atoms with Crippen molar-refractivity contribution in [3.05, 3.63) is 29.8 Å². The van der Waals surface area contributed by atoms with Crippen molar-refractivity contribution in [2.75, 3.05) is 19.8 Å². The Morgan fingerprint density at radius 1 is 1.42 bits per heavy atom. The van der Waals surface area contributed by atoms with Gasteiger partial charge in [0.15, 0.2) is 0 Å². The van der Waals surface area contributed by atoms with Gasteiger partial charge in [0.05, 0.1) is 19.3 Å². The average molecular weight is 260 g/mol. The third-order valence-corrected chi connectivity index (χ3v) is 3.04. The average Bonchev–Trinajstić information content (AvgIpc) is 2.93. The summed E-state index contributed by atoms with van der Waals surface area (Å²) in [6.07, 6.45) is 4.13. The van der Waals surface area contributed by atoms with Crippen LogP contribution >= 0.6 is 0 Å². The minimum absolute atomic E-state index is 0.102. The highest BCUT2D eigenvalue weighted by atomic mass is 16.5. The minimum Gasteiger partial charge on any atom is -0.493 e. The molecule has 102 valence electrons. The van der Waals surface area contributed by atoms with Crippen molar-refractivity contribution in [2.24, 2.45) is 0 Å². The number of aliphatic hydroxyl groups is 1. The quantitative estimate of drug-likeness (QED) is 0.826. The maximum absolute atomic E-state index is 8.68. The summed E-state index contributed by atoms with van der Waals surface area (Å²) in [5.41, 5.74) is 0.920. The molecule has 1 N–H and O–H groups in total. The van der Waals surface area contributed by atoms with E-state index in [1.165, 1.54) is 6.42 Å². The Hall–Kier alpha value is -1.50. The third kappa shape index (κ3) is 4.94. The van der Waals surface area contributed by atoms with Crippen LogP contribution in [0.5, 0.6) is 5.75 Å². The molecule has 19 heavy (non-hydrogen) atoms. The fraction of sp³-hybridized carbons (Fsp3) is 0.500. The lowest BCUT2D eigenvalue weighted by molar-refractivity contribution is 0.0903. The number of hydrogen-bond acceptors (Lipinski definition) is 3. The highest BCUT2D eigenvalue weighted by Crippen LogP contribution is 2.17. The topological polar surface area (TPSA) is 38.7 Å². The predicted molar refractivity (Wildman–Crippen MR) is 74.1 cm³/mol. The standard InChI is InChI=1S/C16H20O3/c17-10-2-1-5-14-6-3-7-16(13-14)19-12-9-15-8-4-11-18-15/h3,6-7,13,15,17H,2,4,8-12H2. The van der Waals surface area contributed by atoms with Gasteiger partial charge in [0.2, 0.25) is 0 Å². The first-order chi connectivity index (χ1) is 9.38. The fourth-order valence-corrected chi connectivity index (χ4v) is 2.06. The van der Waals surface area contributed by atoms with E-state index in [1.807, 2.05) is 24.3 Å². The number of hydrogen-bond donors (Lipinski definition) is 1. The molecule has 0 radical (unpaired) electrons. The summed E-state index contributed by atoms with van der Waals surface area (Å²) in [7, 11) is 0. The van der Waals surface area contributed by atoms with E-state index in [9.17, 15) is 0 Å². The monoisotopic (exact) mass is 260 g/mol. The molecule has 1 fully saturated rings. The van der Waals surface area contributed by atoms with Crippen LogP contribution in [0.15, 0.2) is 24.3 Å². The smallest absolute Gasteiger partial charge is 0.120 e. The zero-order valence-corrected chi connectivity index (χ0v) is 11.1. The summed E-state index contributed by atoms with van der Waals surface area (Å²) in [5.74, 6) is 6.75. The van der Waals surface area contributed by atoms with Crippen LogP contribution in [0.25, 0.3) is 0 Å². The van der Waals surface area contributed by atoms with Crippen LogP contribution in [0.4, 0.5) is 0 Å². The molecule has 1 aromatic carbocycles. The molecule has 1 unspecified atom stereocenters. The molecule has 0 aliphatic carbocycles. The third-order valence-electron chi connectivity index (χ3n) is 3.04. The second kappa shape index (κ2) is 7.83. The van der Waals surface area contributed by atoms with Crippen LogP contribution < -0.4 is 4.74 Å². The number of aliphatic hydroxyl groups excluding tert-OH is 1. The highest BCUT2D eigenvalue weighted by molar-refractivity contribution is 5.39. The Balaban J connectivity index is 1.79. The van der Waals surface area contributed by atoms with Gasteiger partial charge in [-0.15, -0.1) is 0 Å². The molecular formula is C16H20O3. The van der Waals surface area contributed by atoms with Crippen molar-refractivity contribution in [1.82, 2.24) is 0 Å². The van der Waals surface area contributed by atoms with Gasteiger partial charge >= 0.3 is 0 Å². The normalized spacial score (nSPS) is 17.8. The SMILES string of the molecule is OCCC#Cc1cccc(OCCC2CCCO2)c1. The van der Waals surface area contributed by atoms with Gasteiger partial charge in [-0.05, 0) is 31.0 Å². The Labute approximate surface area is 114 Å². The van der Waals surface area contributed by atoms with Gasteiger partial charge in [0.25, 0.3) is 0 Å². The van der Waals surface area contributed by atoms with Crippen LogP contribution in [0.1, 0.15) is 31.2 Å². The van der Waals surface area contributed by atoms with Crippen molar-refractivity contribution >= 4 is 0 Å². The molecule has 0 spiro atoms. The lowest BCUT2D eigenvalue weighted by Crippen LogP contribution is -2.10. The largest absolute Gasteiger partial charge is 0.493 e. The Bertz CT molecular complexity index is 439. The molecule has 0 bridgehead atoms. The Morgan fingerprint density at radius 2 is 2.37 bits per heavy atom. The molecule has 1 aliphatic heterocycles. The van der Waals surface area contributed by atoms with Gasteiger partial charge in [-0.1, -0.05) is 17.9 Å². The van der Waals surface area contributed by atoms with Gasteiger partial charge in [0.1, 0.15) is 5.75 Å². The predicted octanol–water partition coefficient (Wildman–Crippen LogP) is 2.37. The molecule has 0 aromatic heterocycles. The first-order valence-corrected chi connectivity index (χ1v) is 6.82. The van der Waals surface area contributed by atoms with Crippen LogP contribution in [-0.2, 0) is 4.74 Å². The minimum atomic E-state index is 0.102. The number of benzene rings is 1. The molecule has 1 heterocycles. The Morgan fingerprint density at radius 3 is 3.16 bits per heavy atom. The molecule has 1 atom stereocenters. The van der Waals surface area contributed by atoms with E-state index >= 15 is 0 Å². The van der Waals surface area contributed by atoms with Crippen LogP contribution in [0, 0.1) is 11.8 Å². The van der Waals surface area contributed by atoms with Gasteiger partial charge in [-0.25, -0.2) is 0 Å². The molecular weight excluding hydrogens is 240 g/mol. The summed E-state index contributed by atoms with van der Waals surface area (Å²) in [4.78, 5) is 0. The maximum atomic E-state index is 8.68. The molecule has 3 heteroatoms. The molecule has 1 saturated heterocycles. The zero-order valence-electron chi connectivity index (χ0n) is 11.1. The highest BCUT2D eigenvalue weighted by Gasteiger charge is 2.14. The van der Waals surface area contributed by atoms with E-state index in [1.54, 1.807) is 0 Å². The van der Waals surface area contributed by atoms with Gasteiger partial charge < -0.3 is 14.6 Å². The van der Waals surface area contributed by atoms with Crippen LogP contribution in [0.3, 0.4) is 0 Å². The van der Waals surface area contributed by atoms with Crippen molar-refractivity contribution in [2.45, 2.75) is 31.8 Å². The zero-order chi connectivity index (χ0) is 13.3. The summed E-state index contributed by atoms with van der Waals surface area (Å²) in [6, 6.07) is 7.74. The van der Waals surface area contributed by atoms with Crippen molar-refractivity contribution in [3.63, 3.8) is 0 Å². The molecule has 1 aliphatic rings. The number of ether oxygens (including phenoxy) is 2. The fourth-order valence-electron chi connectivity index (χ4n) is 2.06. The van der Waals surface area contributed by atoms with Crippen molar-refractivity contribution in [3.8, 4) is 17.6 Å². The van der Waals surface area contributed by atoms with Gasteiger partial charge in [-0.2, -0.15) is 0 Å².